The summed E-state index contributed by atoms with van der Waals surface area (Å²) in [6.45, 7) is 4.27. The van der Waals surface area contributed by atoms with Gasteiger partial charge in [0, 0.05) is 11.3 Å². The number of aromatic nitrogens is 3. The summed E-state index contributed by atoms with van der Waals surface area (Å²) in [6, 6.07) is 15.3. The third-order valence-electron chi connectivity index (χ3n) is 3.79. The van der Waals surface area contributed by atoms with Gasteiger partial charge in [0.15, 0.2) is 5.82 Å². The number of benzene rings is 2. The van der Waals surface area contributed by atoms with E-state index < -0.39 is 0 Å². The number of H-pyrrole nitrogens is 1. The number of anilines is 1. The smallest absolute Gasteiger partial charge is 0.234 e. The highest BCUT2D eigenvalue weighted by molar-refractivity contribution is 7.99. The van der Waals surface area contributed by atoms with Crippen LogP contribution in [0.3, 0.4) is 0 Å². The molecule has 0 saturated carbocycles. The maximum absolute atomic E-state index is 12.1. The van der Waals surface area contributed by atoms with Gasteiger partial charge in [-0.25, -0.2) is 4.98 Å². The molecule has 26 heavy (non-hydrogen) atoms. The zero-order chi connectivity index (χ0) is 18.5. The quantitative estimate of drug-likeness (QED) is 0.586. The van der Waals surface area contributed by atoms with Crippen LogP contribution in [0.15, 0.2) is 53.7 Å². The molecule has 1 aromatic heterocycles. The second-order valence-electron chi connectivity index (χ2n) is 6.06. The number of thioether (sulfide) groups is 1. The lowest BCUT2D eigenvalue weighted by Gasteiger charge is -2.08. The molecule has 0 aliphatic rings. The van der Waals surface area contributed by atoms with Gasteiger partial charge in [0.1, 0.15) is 0 Å². The van der Waals surface area contributed by atoms with Gasteiger partial charge in [0.25, 0.3) is 0 Å². The molecule has 0 unspecified atom stereocenters. The molecule has 1 amide bonds. The molecule has 0 atom stereocenters. The van der Waals surface area contributed by atoms with Crippen LogP contribution in [0, 0.1) is 0 Å². The number of carbonyl (C=O) groups excluding carboxylic acids is 1. The monoisotopic (exact) mass is 386 g/mol. The van der Waals surface area contributed by atoms with Crippen molar-refractivity contribution in [2.45, 2.75) is 24.9 Å². The van der Waals surface area contributed by atoms with Crippen molar-refractivity contribution in [1.29, 1.82) is 0 Å². The fourth-order valence-corrected chi connectivity index (χ4v) is 3.19. The van der Waals surface area contributed by atoms with E-state index >= 15 is 0 Å². The molecule has 2 aromatic carbocycles. The van der Waals surface area contributed by atoms with E-state index in [9.17, 15) is 4.79 Å². The van der Waals surface area contributed by atoms with Crippen molar-refractivity contribution in [3.05, 3.63) is 59.1 Å². The molecule has 3 aromatic rings. The van der Waals surface area contributed by atoms with Crippen molar-refractivity contribution in [1.82, 2.24) is 15.2 Å². The summed E-state index contributed by atoms with van der Waals surface area (Å²) in [5, 5.41) is 11.0. The molecular weight excluding hydrogens is 368 g/mol. The fraction of sp³-hybridized carbons (Fsp3) is 0.211. The van der Waals surface area contributed by atoms with Crippen molar-refractivity contribution in [2.75, 3.05) is 11.1 Å². The molecule has 3 rings (SSSR count). The van der Waals surface area contributed by atoms with Crippen LogP contribution in [0.25, 0.3) is 11.4 Å². The Hall–Kier alpha value is -2.31. The van der Waals surface area contributed by atoms with Crippen LogP contribution in [0.5, 0.6) is 0 Å². The van der Waals surface area contributed by atoms with Crippen LogP contribution in [-0.2, 0) is 4.79 Å². The first-order valence-electron chi connectivity index (χ1n) is 8.23. The van der Waals surface area contributed by atoms with E-state index in [2.05, 4.69) is 34.3 Å². The van der Waals surface area contributed by atoms with Gasteiger partial charge in [-0.3, -0.25) is 9.89 Å². The van der Waals surface area contributed by atoms with Crippen LogP contribution in [0.2, 0.25) is 5.02 Å². The van der Waals surface area contributed by atoms with E-state index in [1.54, 1.807) is 6.07 Å². The lowest BCUT2D eigenvalue weighted by molar-refractivity contribution is -0.113. The van der Waals surface area contributed by atoms with E-state index in [1.807, 2.05) is 42.5 Å². The zero-order valence-electron chi connectivity index (χ0n) is 14.5. The summed E-state index contributed by atoms with van der Waals surface area (Å²) in [7, 11) is 0. The first kappa shape index (κ1) is 18.5. The molecule has 0 fully saturated rings. The number of nitrogens with one attached hydrogen (secondary N) is 2. The minimum Gasteiger partial charge on any atom is -0.325 e. The minimum absolute atomic E-state index is 0.101. The predicted octanol–water partition coefficient (Wildman–Crippen LogP) is 4.98. The average molecular weight is 387 g/mol. The van der Waals surface area contributed by atoms with Gasteiger partial charge in [0.05, 0.1) is 10.8 Å². The molecule has 0 radical (unpaired) electrons. The molecule has 0 bridgehead atoms. The number of nitrogens with zero attached hydrogens (tertiary/aromatic N) is 2. The molecule has 0 saturated heterocycles. The largest absolute Gasteiger partial charge is 0.325 e. The summed E-state index contributed by atoms with van der Waals surface area (Å²) >= 11 is 7.43. The van der Waals surface area contributed by atoms with E-state index in [0.717, 1.165) is 11.3 Å². The average Bonchev–Trinajstić information content (AvgIpc) is 3.09. The summed E-state index contributed by atoms with van der Waals surface area (Å²) in [5.74, 6) is 1.18. The standard InChI is InChI=1S/C19H19ClN4OS/c1-12(2)13-7-9-14(10-8-13)21-17(25)11-26-19-22-18(23-24-19)15-5-3-4-6-16(15)20/h3-10,12H,11H2,1-2H3,(H,21,25)(H,22,23,24). The molecule has 2 N–H and O–H groups in total. The van der Waals surface area contributed by atoms with Crippen molar-refractivity contribution >= 4 is 35.0 Å². The Balaban J connectivity index is 1.56. The third kappa shape index (κ3) is 4.65. The van der Waals surface area contributed by atoms with Crippen molar-refractivity contribution in [3.8, 4) is 11.4 Å². The maximum Gasteiger partial charge on any atom is 0.234 e. The highest BCUT2D eigenvalue weighted by atomic mass is 35.5. The van der Waals surface area contributed by atoms with Gasteiger partial charge in [0.2, 0.25) is 11.1 Å². The van der Waals surface area contributed by atoms with E-state index in [0.29, 0.717) is 21.9 Å². The van der Waals surface area contributed by atoms with Gasteiger partial charge < -0.3 is 5.32 Å². The summed E-state index contributed by atoms with van der Waals surface area (Å²) in [6.07, 6.45) is 0. The molecule has 7 heteroatoms. The highest BCUT2D eigenvalue weighted by Gasteiger charge is 2.11. The van der Waals surface area contributed by atoms with Crippen LogP contribution < -0.4 is 5.32 Å². The molecule has 0 aliphatic heterocycles. The number of hydrogen-bond acceptors (Lipinski definition) is 4. The van der Waals surface area contributed by atoms with E-state index in [4.69, 9.17) is 11.6 Å². The Bertz CT molecular complexity index is 893. The predicted molar refractivity (Wildman–Crippen MR) is 107 cm³/mol. The Morgan fingerprint density at radius 1 is 1.19 bits per heavy atom. The van der Waals surface area contributed by atoms with Crippen LogP contribution in [0.4, 0.5) is 5.69 Å². The number of halogens is 1. The third-order valence-corrected chi connectivity index (χ3v) is 4.96. The van der Waals surface area contributed by atoms with Crippen molar-refractivity contribution in [2.24, 2.45) is 0 Å². The highest BCUT2D eigenvalue weighted by Crippen LogP contribution is 2.26. The zero-order valence-corrected chi connectivity index (χ0v) is 16.1. The van der Waals surface area contributed by atoms with E-state index in [-0.39, 0.29) is 11.7 Å². The van der Waals surface area contributed by atoms with Gasteiger partial charge in [-0.1, -0.05) is 61.5 Å². The summed E-state index contributed by atoms with van der Waals surface area (Å²) < 4.78 is 0. The van der Waals surface area contributed by atoms with Crippen molar-refractivity contribution in [3.63, 3.8) is 0 Å². The van der Waals surface area contributed by atoms with Crippen LogP contribution >= 0.6 is 23.4 Å². The lowest BCUT2D eigenvalue weighted by Crippen LogP contribution is -2.14. The first-order chi connectivity index (χ1) is 12.5. The molecule has 5 nitrogen and oxygen atoms in total. The number of amides is 1. The van der Waals surface area contributed by atoms with Crippen LogP contribution in [-0.4, -0.2) is 26.8 Å². The SMILES string of the molecule is CC(C)c1ccc(NC(=O)CSc2n[nH]c(-c3ccccc3Cl)n2)cc1. The first-order valence-corrected chi connectivity index (χ1v) is 9.59. The summed E-state index contributed by atoms with van der Waals surface area (Å²) in [4.78, 5) is 16.5. The van der Waals surface area contributed by atoms with E-state index in [1.165, 1.54) is 17.3 Å². The minimum atomic E-state index is -0.101. The van der Waals surface area contributed by atoms with Crippen LogP contribution in [0.1, 0.15) is 25.3 Å². The van der Waals surface area contributed by atoms with Gasteiger partial charge in [-0.05, 0) is 35.7 Å². The molecule has 0 spiro atoms. The fourth-order valence-electron chi connectivity index (χ4n) is 2.36. The second-order valence-corrected chi connectivity index (χ2v) is 7.41. The normalized spacial score (nSPS) is 10.9. The Morgan fingerprint density at radius 3 is 2.62 bits per heavy atom. The van der Waals surface area contributed by atoms with Gasteiger partial charge >= 0.3 is 0 Å². The van der Waals surface area contributed by atoms with Gasteiger partial charge in [-0.2, -0.15) is 0 Å². The lowest BCUT2D eigenvalue weighted by atomic mass is 10.0. The Morgan fingerprint density at radius 2 is 1.92 bits per heavy atom. The number of carbonyl (C=O) groups is 1. The second kappa shape index (κ2) is 8.38. The molecule has 0 aliphatic carbocycles. The van der Waals surface area contributed by atoms with Gasteiger partial charge in [-0.15, -0.1) is 5.10 Å². The topological polar surface area (TPSA) is 70.7 Å². The molecule has 134 valence electrons. The number of hydrogen-bond donors (Lipinski definition) is 2. The maximum atomic E-state index is 12.1. The number of rotatable bonds is 6. The molecule has 1 heterocycles. The summed E-state index contributed by atoms with van der Waals surface area (Å²) in [5.41, 5.74) is 2.81. The number of aromatic amines is 1. The Labute approximate surface area is 161 Å². The molecular formula is C19H19ClN4OS. The van der Waals surface area contributed by atoms with Crippen molar-refractivity contribution < 1.29 is 4.79 Å². The Kier molecular flexibility index (Phi) is 5.96.